The number of fused-ring (bicyclic) bond motifs is 4. The maximum atomic E-state index is 12.1. The van der Waals surface area contributed by atoms with Gasteiger partial charge in [0.05, 0.1) is 31.5 Å². The smallest absolute Gasteiger partial charge is 0.337 e. The SMILES string of the molecule is COC(=O)C1=CO[C@H](O[C@@H]2O[C@H](CO)[C@@H](O)[C@H](O)[C@H]2O)[C@@H]2[C@@H]3O[C@@H](C[C@H]12)O[C@H]3O. The zero-order valence-electron chi connectivity index (χ0n) is 15.4. The number of esters is 1. The molecule has 0 aromatic carbocycles. The first-order chi connectivity index (χ1) is 13.8. The first-order valence-electron chi connectivity index (χ1n) is 9.24. The van der Waals surface area contributed by atoms with Crippen LogP contribution in [0.5, 0.6) is 0 Å². The molecule has 11 atom stereocenters. The maximum absolute atomic E-state index is 12.1. The van der Waals surface area contributed by atoms with E-state index in [0.717, 1.165) is 0 Å². The second-order valence-electron chi connectivity index (χ2n) is 7.38. The van der Waals surface area contributed by atoms with Gasteiger partial charge in [0.25, 0.3) is 0 Å². The number of hydrogen-bond acceptors (Lipinski definition) is 12. The van der Waals surface area contributed by atoms with Crippen molar-refractivity contribution >= 4 is 5.97 Å². The van der Waals surface area contributed by atoms with Gasteiger partial charge in [0, 0.05) is 12.3 Å². The highest BCUT2D eigenvalue weighted by Crippen LogP contribution is 2.47. The van der Waals surface area contributed by atoms with Gasteiger partial charge in [0.1, 0.15) is 30.5 Å². The van der Waals surface area contributed by atoms with Gasteiger partial charge < -0.3 is 54.0 Å². The summed E-state index contributed by atoms with van der Waals surface area (Å²) < 4.78 is 32.3. The molecule has 2 bridgehead atoms. The van der Waals surface area contributed by atoms with Crippen LogP contribution in [0, 0.1) is 11.8 Å². The molecule has 29 heavy (non-hydrogen) atoms. The fourth-order valence-electron chi connectivity index (χ4n) is 4.24. The van der Waals surface area contributed by atoms with Gasteiger partial charge in [0.2, 0.25) is 6.29 Å². The molecular formula is C17H24O12. The Hall–Kier alpha value is -1.35. The van der Waals surface area contributed by atoms with Crippen molar-refractivity contribution in [3.8, 4) is 0 Å². The summed E-state index contributed by atoms with van der Waals surface area (Å²) >= 11 is 0. The largest absolute Gasteiger partial charge is 0.471 e. The highest BCUT2D eigenvalue weighted by atomic mass is 16.8. The van der Waals surface area contributed by atoms with Crippen molar-refractivity contribution in [1.29, 1.82) is 0 Å². The molecule has 0 aromatic heterocycles. The molecule has 164 valence electrons. The third-order valence-electron chi connectivity index (χ3n) is 5.75. The summed E-state index contributed by atoms with van der Waals surface area (Å²) in [5.41, 5.74) is 0.224. The number of methoxy groups -OCH3 is 1. The molecule has 12 nitrogen and oxygen atoms in total. The Kier molecular flexibility index (Phi) is 5.81. The third kappa shape index (κ3) is 3.54. The Bertz CT molecular complexity index is 652. The summed E-state index contributed by atoms with van der Waals surface area (Å²) in [6.45, 7) is -0.616. The molecule has 4 heterocycles. The average molecular weight is 420 g/mol. The number of ether oxygens (including phenoxy) is 6. The van der Waals surface area contributed by atoms with Crippen LogP contribution in [0.4, 0.5) is 0 Å². The van der Waals surface area contributed by atoms with Gasteiger partial charge in [-0.05, 0) is 0 Å². The van der Waals surface area contributed by atoms with Gasteiger partial charge in [-0.15, -0.1) is 0 Å². The van der Waals surface area contributed by atoms with E-state index in [-0.39, 0.29) is 12.0 Å². The van der Waals surface area contributed by atoms with Crippen LogP contribution < -0.4 is 0 Å². The Morgan fingerprint density at radius 1 is 1.10 bits per heavy atom. The van der Waals surface area contributed by atoms with Crippen molar-refractivity contribution in [2.45, 2.75) is 62.1 Å². The fourth-order valence-corrected chi connectivity index (χ4v) is 4.24. The summed E-state index contributed by atoms with van der Waals surface area (Å²) in [6.07, 6.45) is -10.0. The molecule has 0 saturated carbocycles. The first-order valence-corrected chi connectivity index (χ1v) is 9.24. The number of rotatable bonds is 4. The predicted molar refractivity (Wildman–Crippen MR) is 87.2 cm³/mol. The summed E-state index contributed by atoms with van der Waals surface area (Å²) in [7, 11) is 1.23. The molecule has 12 heteroatoms. The van der Waals surface area contributed by atoms with E-state index >= 15 is 0 Å². The highest BCUT2D eigenvalue weighted by molar-refractivity contribution is 5.88. The van der Waals surface area contributed by atoms with Gasteiger partial charge in [-0.1, -0.05) is 0 Å². The van der Waals surface area contributed by atoms with E-state index in [2.05, 4.69) is 0 Å². The van der Waals surface area contributed by atoms with Crippen LogP contribution in [0.3, 0.4) is 0 Å². The topological polar surface area (TPSA) is 174 Å². The van der Waals surface area contributed by atoms with E-state index in [1.54, 1.807) is 0 Å². The lowest BCUT2D eigenvalue weighted by molar-refractivity contribution is -0.348. The van der Waals surface area contributed by atoms with Crippen molar-refractivity contribution in [3.05, 3.63) is 11.8 Å². The minimum absolute atomic E-state index is 0.224. The number of carbonyl (C=O) groups is 1. The zero-order chi connectivity index (χ0) is 20.9. The molecule has 5 N–H and O–H groups in total. The van der Waals surface area contributed by atoms with Crippen LogP contribution >= 0.6 is 0 Å². The Morgan fingerprint density at radius 2 is 1.86 bits per heavy atom. The van der Waals surface area contributed by atoms with Gasteiger partial charge in [0.15, 0.2) is 18.9 Å². The minimum atomic E-state index is -1.64. The van der Waals surface area contributed by atoms with E-state index in [4.69, 9.17) is 28.4 Å². The number of aliphatic hydroxyl groups is 5. The first kappa shape index (κ1) is 20.9. The van der Waals surface area contributed by atoms with E-state index < -0.39 is 80.1 Å². The quantitative estimate of drug-likeness (QED) is 0.291. The molecule has 0 aliphatic carbocycles. The molecule has 4 rings (SSSR count). The third-order valence-corrected chi connectivity index (χ3v) is 5.75. The lowest BCUT2D eigenvalue weighted by Crippen LogP contribution is -2.61. The summed E-state index contributed by atoms with van der Waals surface area (Å²) in [4.78, 5) is 12.1. The monoisotopic (exact) mass is 420 g/mol. The molecule has 4 aliphatic rings. The summed E-state index contributed by atoms with van der Waals surface area (Å²) in [6, 6.07) is 0. The van der Waals surface area contributed by atoms with Gasteiger partial charge in [-0.25, -0.2) is 4.79 Å². The van der Waals surface area contributed by atoms with Crippen molar-refractivity contribution in [1.82, 2.24) is 0 Å². The van der Waals surface area contributed by atoms with Gasteiger partial charge in [-0.3, -0.25) is 0 Å². The highest BCUT2D eigenvalue weighted by Gasteiger charge is 2.57. The second kappa shape index (κ2) is 8.06. The number of hydrogen-bond donors (Lipinski definition) is 5. The Balaban J connectivity index is 1.58. The van der Waals surface area contributed by atoms with Crippen LogP contribution in [0.25, 0.3) is 0 Å². The molecular weight excluding hydrogens is 396 g/mol. The zero-order valence-corrected chi connectivity index (χ0v) is 15.4. The molecule has 3 fully saturated rings. The van der Waals surface area contributed by atoms with E-state index in [1.165, 1.54) is 13.4 Å². The summed E-state index contributed by atoms with van der Waals surface area (Å²) in [5, 5.41) is 49.6. The molecule has 0 aromatic rings. The Labute approximate surface area is 165 Å². The van der Waals surface area contributed by atoms with Crippen LogP contribution in [0.15, 0.2) is 11.8 Å². The van der Waals surface area contributed by atoms with Gasteiger partial charge in [-0.2, -0.15) is 0 Å². The summed E-state index contributed by atoms with van der Waals surface area (Å²) in [5.74, 6) is -1.83. The Morgan fingerprint density at radius 3 is 2.55 bits per heavy atom. The van der Waals surface area contributed by atoms with Crippen LogP contribution in [0.2, 0.25) is 0 Å². The lowest BCUT2D eigenvalue weighted by atomic mass is 9.77. The second-order valence-corrected chi connectivity index (χ2v) is 7.38. The van der Waals surface area contributed by atoms with Crippen LogP contribution in [0.1, 0.15) is 6.42 Å². The number of carbonyl (C=O) groups excluding carboxylic acids is 1. The minimum Gasteiger partial charge on any atom is -0.471 e. The molecule has 4 aliphatic heterocycles. The fraction of sp³-hybridized carbons (Fsp3) is 0.824. The molecule has 0 spiro atoms. The molecule has 0 unspecified atom stereocenters. The van der Waals surface area contributed by atoms with Crippen molar-refractivity contribution in [2.75, 3.05) is 13.7 Å². The van der Waals surface area contributed by atoms with E-state index in [9.17, 15) is 30.3 Å². The normalized spacial score (nSPS) is 49.0. The van der Waals surface area contributed by atoms with Crippen LogP contribution in [-0.2, 0) is 33.2 Å². The molecule has 0 amide bonds. The lowest BCUT2D eigenvalue weighted by Gasteiger charge is -2.45. The molecule has 3 saturated heterocycles. The standard InChI is InChI=1S/C17H24O12/c1-24-14(22)6-4-25-16(9-5(6)2-8-27-13(9)15(23)28-8)29-17-12(21)11(20)10(19)7(3-18)26-17/h4-5,7-13,15-21,23H,2-3H2,1H3/t5-,7-,8-,9+,10-,11+,12-,13+,15-,16-,17+/m1/s1. The van der Waals surface area contributed by atoms with Crippen molar-refractivity contribution < 1.29 is 58.7 Å². The van der Waals surface area contributed by atoms with E-state index in [1.807, 2.05) is 0 Å². The van der Waals surface area contributed by atoms with E-state index in [0.29, 0.717) is 0 Å². The van der Waals surface area contributed by atoms with Gasteiger partial charge >= 0.3 is 5.97 Å². The maximum Gasteiger partial charge on any atom is 0.337 e. The average Bonchev–Trinajstić information content (AvgIpc) is 3.01. The van der Waals surface area contributed by atoms with Crippen molar-refractivity contribution in [3.63, 3.8) is 0 Å². The predicted octanol–water partition coefficient (Wildman–Crippen LogP) is -3.09. The van der Waals surface area contributed by atoms with Crippen LogP contribution in [-0.4, -0.2) is 101 Å². The number of aliphatic hydroxyl groups excluding tert-OH is 5. The molecule has 0 radical (unpaired) electrons. The van der Waals surface area contributed by atoms with Crippen molar-refractivity contribution in [2.24, 2.45) is 11.8 Å².